The molecule has 0 aliphatic rings. The summed E-state index contributed by atoms with van der Waals surface area (Å²) in [6, 6.07) is 0. The van der Waals surface area contributed by atoms with Crippen molar-refractivity contribution >= 4 is 5.78 Å². The van der Waals surface area contributed by atoms with Gasteiger partial charge in [-0.15, -0.1) is 0 Å². The third kappa shape index (κ3) is 9.92. The molecule has 0 bridgehead atoms. The van der Waals surface area contributed by atoms with Gasteiger partial charge in [0.2, 0.25) is 0 Å². The molecule has 2 nitrogen and oxygen atoms in total. The number of ketones is 1. The van der Waals surface area contributed by atoms with Crippen LogP contribution in [0.1, 0.15) is 54.4 Å². The maximum Gasteiger partial charge on any atom is 0.158 e. The van der Waals surface area contributed by atoms with E-state index in [4.69, 9.17) is 4.74 Å². The maximum atomic E-state index is 11.5. The first-order chi connectivity index (χ1) is 6.70. The van der Waals surface area contributed by atoms with Gasteiger partial charge in [0.1, 0.15) is 6.61 Å². The number of carbonyl (C=O) groups excluding carboxylic acids is 1. The van der Waals surface area contributed by atoms with Crippen molar-refractivity contribution in [3.63, 3.8) is 0 Å². The van der Waals surface area contributed by atoms with E-state index < -0.39 is 0 Å². The van der Waals surface area contributed by atoms with E-state index in [9.17, 15) is 4.79 Å². The second kappa shape index (κ2) is 6.26. The van der Waals surface area contributed by atoms with Crippen molar-refractivity contribution in [2.45, 2.75) is 60.5 Å². The van der Waals surface area contributed by atoms with E-state index in [1.54, 1.807) is 0 Å². The zero-order valence-electron chi connectivity index (χ0n) is 11.1. The van der Waals surface area contributed by atoms with Crippen LogP contribution in [0.15, 0.2) is 0 Å². The molecule has 0 aromatic heterocycles. The topological polar surface area (TPSA) is 26.3 Å². The molecule has 0 heterocycles. The molecule has 0 saturated carbocycles. The van der Waals surface area contributed by atoms with Crippen LogP contribution >= 0.6 is 0 Å². The normalized spacial score (nSPS) is 14.3. The molecule has 0 fully saturated rings. The molecule has 0 N–H and O–H groups in total. The lowest BCUT2D eigenvalue weighted by molar-refractivity contribution is -0.125. The first kappa shape index (κ1) is 14.6. The van der Waals surface area contributed by atoms with Crippen LogP contribution in [0.25, 0.3) is 0 Å². The van der Waals surface area contributed by atoms with Crippen molar-refractivity contribution < 1.29 is 9.53 Å². The van der Waals surface area contributed by atoms with Crippen LogP contribution in [0.4, 0.5) is 0 Å². The fourth-order valence-electron chi connectivity index (χ4n) is 1.82. The number of hydrogen-bond donors (Lipinski definition) is 0. The van der Waals surface area contributed by atoms with Crippen molar-refractivity contribution in [2.24, 2.45) is 11.3 Å². The summed E-state index contributed by atoms with van der Waals surface area (Å²) in [7, 11) is 0. The van der Waals surface area contributed by atoms with Crippen LogP contribution in [0.5, 0.6) is 0 Å². The van der Waals surface area contributed by atoms with Gasteiger partial charge in [0.15, 0.2) is 5.78 Å². The lowest BCUT2D eigenvalue weighted by Gasteiger charge is -2.22. The van der Waals surface area contributed by atoms with E-state index in [0.717, 1.165) is 6.42 Å². The molecule has 1 atom stereocenters. The molecule has 0 aliphatic heterocycles. The van der Waals surface area contributed by atoms with Crippen molar-refractivity contribution in [3.05, 3.63) is 0 Å². The van der Waals surface area contributed by atoms with Gasteiger partial charge in [-0.2, -0.15) is 0 Å². The zero-order valence-corrected chi connectivity index (χ0v) is 11.1. The van der Waals surface area contributed by atoms with Crippen LogP contribution in [-0.2, 0) is 9.53 Å². The molecule has 90 valence electrons. The van der Waals surface area contributed by atoms with Crippen LogP contribution in [0, 0.1) is 11.3 Å². The van der Waals surface area contributed by atoms with E-state index in [1.165, 1.54) is 0 Å². The summed E-state index contributed by atoms with van der Waals surface area (Å²) in [5, 5.41) is 0. The number of carbonyl (C=O) groups is 1. The van der Waals surface area contributed by atoms with Gasteiger partial charge in [0.25, 0.3) is 0 Å². The van der Waals surface area contributed by atoms with Gasteiger partial charge < -0.3 is 4.74 Å². The minimum atomic E-state index is 0.145. The summed E-state index contributed by atoms with van der Waals surface area (Å²) in [5.74, 6) is 0.675. The monoisotopic (exact) mass is 214 g/mol. The van der Waals surface area contributed by atoms with E-state index in [1.807, 2.05) is 13.8 Å². The third-order valence-corrected chi connectivity index (χ3v) is 2.11. The molecule has 1 unspecified atom stereocenters. The summed E-state index contributed by atoms with van der Waals surface area (Å²) in [6.45, 7) is 12.9. The lowest BCUT2D eigenvalue weighted by Crippen LogP contribution is -2.18. The molecule has 0 aromatic rings. The Morgan fingerprint density at radius 1 is 1.20 bits per heavy atom. The van der Waals surface area contributed by atoms with Gasteiger partial charge in [0, 0.05) is 6.42 Å². The second-order valence-electron chi connectivity index (χ2n) is 5.97. The van der Waals surface area contributed by atoms with Gasteiger partial charge in [-0.1, -0.05) is 27.7 Å². The molecule has 2 heteroatoms. The summed E-state index contributed by atoms with van der Waals surface area (Å²) in [6.07, 6.45) is 1.87. The standard InChI is InChI=1S/C13H26O2/c1-10(2)15-9-12(14)7-11(3)8-13(4,5)6/h10-11H,7-9H2,1-6H3. The van der Waals surface area contributed by atoms with E-state index in [-0.39, 0.29) is 18.5 Å². The van der Waals surface area contributed by atoms with E-state index >= 15 is 0 Å². The average Bonchev–Trinajstić information content (AvgIpc) is 1.96. The summed E-state index contributed by atoms with van der Waals surface area (Å²) < 4.78 is 5.29. The Kier molecular flexibility index (Phi) is 6.11. The Balaban J connectivity index is 3.77. The molecule has 0 radical (unpaired) electrons. The summed E-state index contributed by atoms with van der Waals surface area (Å²) >= 11 is 0. The van der Waals surface area contributed by atoms with Crippen molar-refractivity contribution in [3.8, 4) is 0 Å². The third-order valence-electron chi connectivity index (χ3n) is 2.11. The smallest absolute Gasteiger partial charge is 0.158 e. The first-order valence-electron chi connectivity index (χ1n) is 5.84. The van der Waals surface area contributed by atoms with Crippen LogP contribution in [0.2, 0.25) is 0 Å². The molecular weight excluding hydrogens is 188 g/mol. The van der Waals surface area contributed by atoms with E-state index in [0.29, 0.717) is 17.8 Å². The summed E-state index contributed by atoms with van der Waals surface area (Å²) in [4.78, 5) is 11.5. The zero-order chi connectivity index (χ0) is 12.1. The Morgan fingerprint density at radius 3 is 2.13 bits per heavy atom. The van der Waals surface area contributed by atoms with Crippen molar-refractivity contribution in [2.75, 3.05) is 6.61 Å². The van der Waals surface area contributed by atoms with Gasteiger partial charge in [0.05, 0.1) is 6.10 Å². The average molecular weight is 214 g/mol. The van der Waals surface area contributed by atoms with Crippen molar-refractivity contribution in [1.29, 1.82) is 0 Å². The number of ether oxygens (including phenoxy) is 1. The Hall–Kier alpha value is -0.370. The molecule has 15 heavy (non-hydrogen) atoms. The van der Waals surface area contributed by atoms with Crippen molar-refractivity contribution in [1.82, 2.24) is 0 Å². The molecular formula is C13H26O2. The number of rotatable bonds is 6. The molecule has 0 rings (SSSR count). The van der Waals surface area contributed by atoms with Crippen LogP contribution in [-0.4, -0.2) is 18.5 Å². The van der Waals surface area contributed by atoms with E-state index in [2.05, 4.69) is 27.7 Å². The molecule has 0 amide bonds. The first-order valence-corrected chi connectivity index (χ1v) is 5.84. The minimum Gasteiger partial charge on any atom is -0.371 e. The van der Waals surface area contributed by atoms with Gasteiger partial charge in [-0.3, -0.25) is 4.79 Å². The Labute approximate surface area is 94.4 Å². The highest BCUT2D eigenvalue weighted by Gasteiger charge is 2.17. The predicted molar refractivity (Wildman–Crippen MR) is 63.9 cm³/mol. The highest BCUT2D eigenvalue weighted by molar-refractivity contribution is 5.79. The minimum absolute atomic E-state index is 0.145. The van der Waals surface area contributed by atoms with Gasteiger partial charge in [-0.25, -0.2) is 0 Å². The predicted octanol–water partition coefficient (Wildman–Crippen LogP) is 3.44. The van der Waals surface area contributed by atoms with Crippen LogP contribution < -0.4 is 0 Å². The SMILES string of the molecule is CC(CC(=O)COC(C)C)CC(C)(C)C. The van der Waals surface area contributed by atoms with Gasteiger partial charge >= 0.3 is 0 Å². The maximum absolute atomic E-state index is 11.5. The fraction of sp³-hybridized carbons (Fsp3) is 0.923. The number of hydrogen-bond acceptors (Lipinski definition) is 2. The largest absolute Gasteiger partial charge is 0.371 e. The number of Topliss-reactive ketones (excluding diaryl/α,β-unsaturated/α-hetero) is 1. The molecule has 0 spiro atoms. The quantitative estimate of drug-likeness (QED) is 0.677. The highest BCUT2D eigenvalue weighted by atomic mass is 16.5. The fourth-order valence-corrected chi connectivity index (χ4v) is 1.82. The van der Waals surface area contributed by atoms with Gasteiger partial charge in [-0.05, 0) is 31.6 Å². The molecule has 0 saturated heterocycles. The summed E-state index contributed by atoms with van der Waals surface area (Å²) in [5.41, 5.74) is 0.304. The second-order valence-corrected chi connectivity index (χ2v) is 5.97. The van der Waals surface area contributed by atoms with Crippen LogP contribution in [0.3, 0.4) is 0 Å². The molecule has 0 aliphatic carbocycles. The highest BCUT2D eigenvalue weighted by Crippen LogP contribution is 2.25. The molecule has 0 aromatic carbocycles. The Bertz CT molecular complexity index is 189. The lowest BCUT2D eigenvalue weighted by atomic mass is 9.83. The Morgan fingerprint density at radius 2 is 1.73 bits per heavy atom.